The molecule has 2 aliphatic heterocycles. The Bertz CT molecular complexity index is 710. The van der Waals surface area contributed by atoms with E-state index in [1.54, 1.807) is 6.07 Å². The fourth-order valence-corrected chi connectivity index (χ4v) is 6.57. The van der Waals surface area contributed by atoms with Crippen molar-refractivity contribution in [1.82, 2.24) is 0 Å². The minimum Gasteiger partial charge on any atom is -0.472 e. The molecular weight excluding hydrogens is 336 g/mol. The second-order valence-electron chi connectivity index (χ2n) is 8.81. The number of furan rings is 1. The van der Waals surface area contributed by atoms with Crippen molar-refractivity contribution in [3.05, 3.63) is 24.2 Å². The van der Waals surface area contributed by atoms with E-state index < -0.39 is 23.0 Å². The molecule has 3 heterocycles. The van der Waals surface area contributed by atoms with Crippen molar-refractivity contribution in [2.75, 3.05) is 13.2 Å². The molecule has 6 heteroatoms. The van der Waals surface area contributed by atoms with Crippen molar-refractivity contribution in [3.8, 4) is 0 Å². The van der Waals surface area contributed by atoms with Crippen LogP contribution in [0, 0.1) is 22.7 Å². The summed E-state index contributed by atoms with van der Waals surface area (Å²) in [4.78, 5) is 13.2. The molecule has 1 aromatic heterocycles. The zero-order valence-electron chi connectivity index (χ0n) is 15.0. The molecule has 4 fully saturated rings. The van der Waals surface area contributed by atoms with Crippen LogP contribution in [0.15, 0.2) is 23.0 Å². The Labute approximate surface area is 152 Å². The highest BCUT2D eigenvalue weighted by Crippen LogP contribution is 2.71. The molecule has 0 amide bonds. The largest absolute Gasteiger partial charge is 0.472 e. The minimum atomic E-state index is -0.798. The second-order valence-corrected chi connectivity index (χ2v) is 8.81. The molecule has 1 spiro atoms. The number of cyclic esters (lactones) is 1. The topological polar surface area (TPSA) is 92.4 Å². The number of hydrogen-bond donors (Lipinski definition) is 2. The summed E-state index contributed by atoms with van der Waals surface area (Å²) >= 11 is 0. The lowest BCUT2D eigenvalue weighted by Gasteiger charge is -2.65. The summed E-state index contributed by atoms with van der Waals surface area (Å²) in [6.07, 6.45) is 5.29. The first-order chi connectivity index (χ1) is 12.5. The Morgan fingerprint density at radius 2 is 2.19 bits per heavy atom. The first-order valence-corrected chi connectivity index (χ1v) is 9.66. The number of carbonyl (C=O) groups excluding carboxylic acids is 1. The maximum absolute atomic E-state index is 13.2. The van der Waals surface area contributed by atoms with E-state index in [1.165, 1.54) is 12.5 Å². The van der Waals surface area contributed by atoms with Gasteiger partial charge in [-0.3, -0.25) is 4.79 Å². The van der Waals surface area contributed by atoms with E-state index >= 15 is 0 Å². The van der Waals surface area contributed by atoms with E-state index in [1.807, 2.05) is 6.92 Å². The number of hydrogen-bond acceptors (Lipinski definition) is 6. The lowest BCUT2D eigenvalue weighted by Crippen LogP contribution is -2.72. The molecular formula is C20H26O6. The molecule has 26 heavy (non-hydrogen) atoms. The summed E-state index contributed by atoms with van der Waals surface area (Å²) in [5, 5.41) is 22.0. The SMILES string of the molecule is CC1CC(O)C23COC(=O)C1(CC(O)c1ccoc1)C2CCCC31CO1. The molecule has 0 radical (unpaired) electrons. The molecule has 4 aliphatic rings. The Hall–Kier alpha value is -1.37. The summed E-state index contributed by atoms with van der Waals surface area (Å²) < 4.78 is 16.8. The standard InChI is InChI=1S/C20H26O6/c1-12-7-16(22)20-11-25-17(23)19(12,8-14(21)13-4-6-24-9-13)15(20)3-2-5-18(20)10-26-18/h4,6,9,12,14-16,21-22H,2-3,5,7-8,10-11H2,1H3. The van der Waals surface area contributed by atoms with Crippen molar-refractivity contribution >= 4 is 5.97 Å². The van der Waals surface area contributed by atoms with Gasteiger partial charge in [0.25, 0.3) is 0 Å². The van der Waals surface area contributed by atoms with Gasteiger partial charge in [-0.05, 0) is 43.6 Å². The number of rotatable bonds is 3. The van der Waals surface area contributed by atoms with E-state index in [-0.39, 0.29) is 30.0 Å². The molecule has 7 atom stereocenters. The van der Waals surface area contributed by atoms with Crippen LogP contribution in [-0.2, 0) is 14.3 Å². The van der Waals surface area contributed by atoms with E-state index in [0.717, 1.165) is 19.3 Å². The zero-order valence-corrected chi connectivity index (χ0v) is 15.0. The normalized spacial score (nSPS) is 48.0. The molecule has 2 N–H and O–H groups in total. The van der Waals surface area contributed by atoms with Crippen molar-refractivity contribution in [2.45, 2.75) is 56.8 Å². The van der Waals surface area contributed by atoms with Crippen molar-refractivity contribution in [3.63, 3.8) is 0 Å². The van der Waals surface area contributed by atoms with Crippen LogP contribution in [-0.4, -0.2) is 41.1 Å². The van der Waals surface area contributed by atoms with Crippen LogP contribution in [0.4, 0.5) is 0 Å². The molecule has 7 unspecified atom stereocenters. The van der Waals surface area contributed by atoms with Gasteiger partial charge in [-0.2, -0.15) is 0 Å². The van der Waals surface area contributed by atoms with Crippen molar-refractivity contribution in [2.24, 2.45) is 22.7 Å². The lowest BCUT2D eigenvalue weighted by molar-refractivity contribution is -0.263. The highest BCUT2D eigenvalue weighted by atomic mass is 16.6. The molecule has 1 aromatic rings. The third-order valence-electron chi connectivity index (χ3n) is 7.99. The van der Waals surface area contributed by atoms with Gasteiger partial charge in [0.1, 0.15) is 12.2 Å². The molecule has 5 rings (SSSR count). The number of esters is 1. The molecule has 6 nitrogen and oxygen atoms in total. The minimum absolute atomic E-state index is 0.0344. The average Bonchev–Trinajstić information content (AvgIpc) is 3.18. The fourth-order valence-electron chi connectivity index (χ4n) is 6.57. The smallest absolute Gasteiger partial charge is 0.312 e. The molecule has 2 saturated carbocycles. The predicted molar refractivity (Wildman–Crippen MR) is 89.9 cm³/mol. The van der Waals surface area contributed by atoms with Gasteiger partial charge in [-0.1, -0.05) is 13.3 Å². The van der Waals surface area contributed by atoms with Gasteiger partial charge in [-0.15, -0.1) is 0 Å². The summed E-state index contributed by atoms with van der Waals surface area (Å²) in [6, 6.07) is 1.73. The summed E-state index contributed by atoms with van der Waals surface area (Å²) in [7, 11) is 0. The molecule has 142 valence electrons. The van der Waals surface area contributed by atoms with Crippen LogP contribution in [0.25, 0.3) is 0 Å². The monoisotopic (exact) mass is 362 g/mol. The Morgan fingerprint density at radius 3 is 2.88 bits per heavy atom. The lowest BCUT2D eigenvalue weighted by atomic mass is 9.41. The van der Waals surface area contributed by atoms with Gasteiger partial charge in [0.15, 0.2) is 0 Å². The van der Waals surface area contributed by atoms with Crippen LogP contribution in [0.2, 0.25) is 0 Å². The third-order valence-corrected chi connectivity index (χ3v) is 7.99. The van der Waals surface area contributed by atoms with E-state index in [2.05, 4.69) is 0 Å². The van der Waals surface area contributed by atoms with Crippen LogP contribution in [0.1, 0.15) is 50.7 Å². The first-order valence-electron chi connectivity index (χ1n) is 9.66. The van der Waals surface area contributed by atoms with Gasteiger partial charge >= 0.3 is 5.97 Å². The Morgan fingerprint density at radius 1 is 1.38 bits per heavy atom. The van der Waals surface area contributed by atoms with E-state index in [9.17, 15) is 15.0 Å². The second kappa shape index (κ2) is 5.33. The maximum Gasteiger partial charge on any atom is 0.312 e. The quantitative estimate of drug-likeness (QED) is 0.633. The van der Waals surface area contributed by atoms with Gasteiger partial charge in [0, 0.05) is 5.56 Å². The molecule has 2 saturated heterocycles. The molecule has 0 aromatic carbocycles. The van der Waals surface area contributed by atoms with Crippen molar-refractivity contribution < 1.29 is 28.9 Å². The molecule has 2 aliphatic carbocycles. The van der Waals surface area contributed by atoms with Gasteiger partial charge in [0.05, 0.1) is 42.2 Å². The van der Waals surface area contributed by atoms with Gasteiger partial charge in [-0.25, -0.2) is 0 Å². The van der Waals surface area contributed by atoms with Crippen LogP contribution >= 0.6 is 0 Å². The zero-order chi connectivity index (χ0) is 18.2. The number of epoxide rings is 1. The molecule has 2 bridgehead atoms. The average molecular weight is 362 g/mol. The Balaban J connectivity index is 1.60. The highest BCUT2D eigenvalue weighted by molar-refractivity contribution is 5.79. The summed E-state index contributed by atoms with van der Waals surface area (Å²) in [5.41, 5.74) is -1.02. The van der Waals surface area contributed by atoms with Gasteiger partial charge in [0.2, 0.25) is 0 Å². The van der Waals surface area contributed by atoms with Crippen LogP contribution < -0.4 is 0 Å². The van der Waals surface area contributed by atoms with Crippen LogP contribution in [0.5, 0.6) is 0 Å². The third kappa shape index (κ3) is 1.85. The predicted octanol–water partition coefficient (Wildman–Crippen LogP) is 2.20. The number of carbonyl (C=O) groups is 1. The Kier molecular flexibility index (Phi) is 3.44. The number of ether oxygens (including phenoxy) is 2. The maximum atomic E-state index is 13.2. The van der Waals surface area contributed by atoms with E-state index in [4.69, 9.17) is 13.9 Å². The number of aliphatic hydroxyl groups excluding tert-OH is 2. The first kappa shape index (κ1) is 16.8. The summed E-state index contributed by atoms with van der Waals surface area (Å²) in [6.45, 7) is 2.87. The highest BCUT2D eigenvalue weighted by Gasteiger charge is 2.78. The summed E-state index contributed by atoms with van der Waals surface area (Å²) in [5.74, 6) is -0.329. The fraction of sp³-hybridized carbons (Fsp3) is 0.750. The number of aliphatic hydroxyl groups is 2. The van der Waals surface area contributed by atoms with E-state index in [0.29, 0.717) is 25.0 Å². The van der Waals surface area contributed by atoms with Gasteiger partial charge < -0.3 is 24.1 Å². The van der Waals surface area contributed by atoms with Crippen LogP contribution in [0.3, 0.4) is 0 Å². The van der Waals surface area contributed by atoms with Crippen molar-refractivity contribution in [1.29, 1.82) is 0 Å².